The van der Waals surface area contributed by atoms with Crippen molar-refractivity contribution in [2.24, 2.45) is 7.05 Å². The number of aromatic nitrogens is 2. The van der Waals surface area contributed by atoms with Gasteiger partial charge in [0.25, 0.3) is 5.92 Å². The predicted molar refractivity (Wildman–Crippen MR) is 93.5 cm³/mol. The van der Waals surface area contributed by atoms with E-state index in [4.69, 9.17) is 4.74 Å². The van der Waals surface area contributed by atoms with Crippen molar-refractivity contribution in [3.63, 3.8) is 0 Å². The zero-order chi connectivity index (χ0) is 18.8. The number of ether oxygens (including phenoxy) is 1. The zero-order valence-corrected chi connectivity index (χ0v) is 15.9. The molecule has 1 aromatic heterocycles. The van der Waals surface area contributed by atoms with Crippen molar-refractivity contribution >= 4 is 23.9 Å². The lowest BCUT2D eigenvalue weighted by atomic mass is 10.0. The van der Waals surface area contributed by atoms with E-state index in [0.29, 0.717) is 12.2 Å². The SMILES string of the molecule is CN1CC(N(SNC(=O)OC(C)(C)C)c2cnn(C)c2)CC(F)(F)C1. The number of aryl methyl sites for hydroxylation is 1. The van der Waals surface area contributed by atoms with Crippen LogP contribution in [0.15, 0.2) is 12.4 Å². The Morgan fingerprint density at radius 2 is 2.16 bits per heavy atom. The Morgan fingerprint density at radius 3 is 2.68 bits per heavy atom. The van der Waals surface area contributed by atoms with Gasteiger partial charge in [0.2, 0.25) is 0 Å². The van der Waals surface area contributed by atoms with Crippen LogP contribution in [-0.2, 0) is 11.8 Å². The third-order valence-corrected chi connectivity index (χ3v) is 4.43. The number of alkyl halides is 2. The molecule has 1 saturated heterocycles. The number of carbonyl (C=O) groups is 1. The first-order chi connectivity index (χ1) is 11.5. The van der Waals surface area contributed by atoms with Crippen LogP contribution in [0.2, 0.25) is 0 Å². The lowest BCUT2D eigenvalue weighted by Crippen LogP contribution is -2.53. The molecular weight excluding hydrogens is 352 g/mol. The highest BCUT2D eigenvalue weighted by Crippen LogP contribution is 2.33. The summed E-state index contributed by atoms with van der Waals surface area (Å²) < 4.78 is 39.0. The quantitative estimate of drug-likeness (QED) is 0.814. The minimum Gasteiger partial charge on any atom is -0.443 e. The Morgan fingerprint density at radius 1 is 1.48 bits per heavy atom. The first-order valence-corrected chi connectivity index (χ1v) is 8.73. The predicted octanol–water partition coefficient (Wildman–Crippen LogP) is 2.65. The molecule has 7 nitrogen and oxygen atoms in total. The second kappa shape index (κ2) is 7.36. The van der Waals surface area contributed by atoms with Crippen LogP contribution in [0.3, 0.4) is 0 Å². The van der Waals surface area contributed by atoms with Crippen molar-refractivity contribution in [2.45, 2.75) is 44.8 Å². The van der Waals surface area contributed by atoms with E-state index in [1.807, 2.05) is 0 Å². The molecule has 1 unspecified atom stereocenters. The molecule has 1 atom stereocenters. The number of hydrogen-bond acceptors (Lipinski definition) is 6. The lowest BCUT2D eigenvalue weighted by Gasteiger charge is -2.40. The van der Waals surface area contributed by atoms with Crippen molar-refractivity contribution in [3.05, 3.63) is 12.4 Å². The number of carbonyl (C=O) groups excluding carboxylic acids is 1. The van der Waals surface area contributed by atoms with Gasteiger partial charge in [0.05, 0.1) is 36.6 Å². The van der Waals surface area contributed by atoms with Crippen molar-refractivity contribution in [3.8, 4) is 0 Å². The first-order valence-electron chi connectivity index (χ1n) is 7.95. The fourth-order valence-corrected chi connectivity index (χ4v) is 3.40. The van der Waals surface area contributed by atoms with Crippen LogP contribution in [0.1, 0.15) is 27.2 Å². The maximum atomic E-state index is 14.0. The monoisotopic (exact) mass is 377 g/mol. The largest absolute Gasteiger partial charge is 0.443 e. The normalized spacial score (nSPS) is 21.0. The zero-order valence-electron chi connectivity index (χ0n) is 15.1. The van der Waals surface area contributed by atoms with Crippen LogP contribution in [0.4, 0.5) is 19.3 Å². The van der Waals surface area contributed by atoms with Gasteiger partial charge in [0.1, 0.15) is 5.60 Å². The molecule has 0 spiro atoms. The smallest absolute Gasteiger partial charge is 0.419 e. The molecule has 2 rings (SSSR count). The summed E-state index contributed by atoms with van der Waals surface area (Å²) in [5, 5.41) is 4.09. The number of likely N-dealkylation sites (tertiary alicyclic amines) is 1. The van der Waals surface area contributed by atoms with Gasteiger partial charge in [-0.25, -0.2) is 18.3 Å². The number of anilines is 1. The van der Waals surface area contributed by atoms with Crippen LogP contribution in [-0.4, -0.2) is 58.5 Å². The third kappa shape index (κ3) is 6.03. The van der Waals surface area contributed by atoms with Gasteiger partial charge in [0.15, 0.2) is 0 Å². The molecule has 2 heterocycles. The summed E-state index contributed by atoms with van der Waals surface area (Å²) in [5.41, 5.74) is 0.00153. The molecule has 0 aromatic carbocycles. The summed E-state index contributed by atoms with van der Waals surface area (Å²) >= 11 is 0.942. The highest BCUT2D eigenvalue weighted by atomic mass is 32.2. The fourth-order valence-electron chi connectivity index (χ4n) is 2.70. The molecule has 0 bridgehead atoms. The number of likely N-dealkylation sites (N-methyl/N-ethyl adjacent to an activating group) is 1. The Kier molecular flexibility index (Phi) is 5.82. The number of piperidine rings is 1. The summed E-state index contributed by atoms with van der Waals surface area (Å²) in [4.78, 5) is 13.5. The van der Waals surface area contributed by atoms with E-state index in [1.54, 1.807) is 61.1 Å². The standard InChI is InChI=1S/C15H25F2N5O2S/c1-14(2,3)24-13(23)19-25-22(12-7-18-21(5)9-12)11-6-15(16,17)10-20(4)8-11/h7,9,11H,6,8,10H2,1-5H3,(H,19,23). The molecule has 1 N–H and O–H groups in total. The molecule has 0 radical (unpaired) electrons. The first kappa shape index (κ1) is 19.8. The van der Waals surface area contributed by atoms with Gasteiger partial charge in [-0.1, -0.05) is 0 Å². The second-order valence-electron chi connectivity index (χ2n) is 7.30. The number of hydrogen-bond donors (Lipinski definition) is 1. The van der Waals surface area contributed by atoms with Crippen LogP contribution >= 0.6 is 12.1 Å². The molecular formula is C15H25F2N5O2S. The van der Waals surface area contributed by atoms with Crippen LogP contribution in [0, 0.1) is 0 Å². The molecule has 142 valence electrons. The van der Waals surface area contributed by atoms with Crippen LogP contribution in [0.5, 0.6) is 0 Å². The average Bonchev–Trinajstić information content (AvgIpc) is 2.81. The van der Waals surface area contributed by atoms with E-state index < -0.39 is 23.7 Å². The van der Waals surface area contributed by atoms with Crippen LogP contribution < -0.4 is 9.03 Å². The summed E-state index contributed by atoms with van der Waals surface area (Å²) in [6.07, 6.45) is 2.38. The number of nitrogens with one attached hydrogen (secondary N) is 1. The fraction of sp³-hybridized carbons (Fsp3) is 0.733. The van der Waals surface area contributed by atoms with E-state index in [9.17, 15) is 13.6 Å². The Bertz CT molecular complexity index is 605. The van der Waals surface area contributed by atoms with Crippen molar-refractivity contribution in [2.75, 3.05) is 24.4 Å². The van der Waals surface area contributed by atoms with E-state index in [-0.39, 0.29) is 13.0 Å². The summed E-state index contributed by atoms with van der Waals surface area (Å²) in [7, 11) is 3.41. The minimum atomic E-state index is -2.79. The van der Waals surface area contributed by atoms with Gasteiger partial charge >= 0.3 is 6.09 Å². The van der Waals surface area contributed by atoms with Crippen molar-refractivity contribution < 1.29 is 18.3 Å². The minimum absolute atomic E-state index is 0.269. The summed E-state index contributed by atoms with van der Waals surface area (Å²) in [5.74, 6) is -2.79. The second-order valence-corrected chi connectivity index (χ2v) is 8.08. The van der Waals surface area contributed by atoms with E-state index in [1.165, 1.54) is 0 Å². The number of amides is 1. The lowest BCUT2D eigenvalue weighted by molar-refractivity contribution is -0.0627. The molecule has 25 heavy (non-hydrogen) atoms. The Hall–Kier alpha value is -1.55. The molecule has 0 aliphatic carbocycles. The Balaban J connectivity index is 2.12. The number of halogens is 2. The highest BCUT2D eigenvalue weighted by Gasteiger charge is 2.42. The van der Waals surface area contributed by atoms with Crippen LogP contribution in [0.25, 0.3) is 0 Å². The maximum Gasteiger partial charge on any atom is 0.419 e. The van der Waals surface area contributed by atoms with Gasteiger partial charge < -0.3 is 4.74 Å². The molecule has 1 aliphatic heterocycles. The molecule has 1 aromatic rings. The van der Waals surface area contributed by atoms with E-state index in [2.05, 4.69) is 9.82 Å². The topological polar surface area (TPSA) is 62.6 Å². The summed E-state index contributed by atoms with van der Waals surface area (Å²) in [6, 6.07) is -0.488. The number of rotatable bonds is 4. The molecule has 1 aliphatic rings. The van der Waals surface area contributed by atoms with Gasteiger partial charge in [-0.05, 0) is 27.8 Å². The third-order valence-electron chi connectivity index (χ3n) is 3.46. The van der Waals surface area contributed by atoms with Crippen molar-refractivity contribution in [1.82, 2.24) is 19.4 Å². The number of nitrogens with zero attached hydrogens (tertiary/aromatic N) is 4. The molecule has 10 heteroatoms. The van der Waals surface area contributed by atoms with Gasteiger partial charge in [-0.15, -0.1) is 0 Å². The van der Waals surface area contributed by atoms with Crippen molar-refractivity contribution in [1.29, 1.82) is 0 Å². The van der Waals surface area contributed by atoms with E-state index >= 15 is 0 Å². The maximum absolute atomic E-state index is 14.0. The molecule has 0 saturated carbocycles. The molecule has 1 fully saturated rings. The molecule has 1 amide bonds. The Labute approximate surface area is 150 Å². The van der Waals surface area contributed by atoms with Gasteiger partial charge in [-0.3, -0.25) is 13.9 Å². The van der Waals surface area contributed by atoms with Gasteiger partial charge in [0, 0.05) is 26.2 Å². The van der Waals surface area contributed by atoms with Gasteiger partial charge in [-0.2, -0.15) is 5.10 Å². The summed E-state index contributed by atoms with van der Waals surface area (Å²) in [6.45, 7) is 5.45. The highest BCUT2D eigenvalue weighted by molar-refractivity contribution is 7.99. The average molecular weight is 377 g/mol. The van der Waals surface area contributed by atoms with E-state index in [0.717, 1.165) is 12.1 Å².